The van der Waals surface area contributed by atoms with Crippen molar-refractivity contribution in [3.05, 3.63) is 120 Å². The van der Waals surface area contributed by atoms with Crippen LogP contribution in [0.1, 0.15) is 33.4 Å². The molecule has 0 atom stereocenters. The number of rotatable bonds is 2. The fourth-order valence-corrected chi connectivity index (χ4v) is 6.28. The SMILES string of the molecule is Cc1cc(C)c(-c2ccnc3c2ccc2ccc4c(-c5c(C)cc(C)cc5C)ccnc4c23)c(C)c1.[C-]#N.[C-]#N.[Pt+2]. The molecule has 6 rings (SSSR count). The first-order chi connectivity index (χ1) is 19.3. The van der Waals surface area contributed by atoms with Gasteiger partial charge in [0.25, 0.3) is 0 Å². The largest absolute Gasteiger partial charge is 2.00 e. The summed E-state index contributed by atoms with van der Waals surface area (Å²) in [7, 11) is 0. The third-order valence-corrected chi connectivity index (χ3v) is 7.49. The Morgan fingerprint density at radius 1 is 0.512 bits per heavy atom. The van der Waals surface area contributed by atoms with E-state index in [0.29, 0.717) is 0 Å². The molecule has 0 radical (unpaired) electrons. The quantitative estimate of drug-likeness (QED) is 0.133. The van der Waals surface area contributed by atoms with Crippen LogP contribution in [-0.2, 0) is 21.1 Å². The van der Waals surface area contributed by atoms with Gasteiger partial charge in [0.2, 0.25) is 0 Å². The van der Waals surface area contributed by atoms with Gasteiger partial charge in [0.05, 0.1) is 11.0 Å². The Morgan fingerprint density at radius 2 is 0.854 bits per heavy atom. The van der Waals surface area contributed by atoms with Gasteiger partial charge >= 0.3 is 21.1 Å². The molecule has 204 valence electrons. The smallest absolute Gasteiger partial charge is 0.512 e. The summed E-state index contributed by atoms with van der Waals surface area (Å²) in [5.74, 6) is 0. The minimum Gasteiger partial charge on any atom is -0.512 e. The van der Waals surface area contributed by atoms with Gasteiger partial charge in [0.15, 0.2) is 0 Å². The number of hydrogen-bond donors (Lipinski definition) is 0. The first-order valence-electron chi connectivity index (χ1n) is 13.0. The summed E-state index contributed by atoms with van der Waals surface area (Å²) in [6.45, 7) is 22.6. The Labute approximate surface area is 256 Å². The average Bonchev–Trinajstić information content (AvgIpc) is 2.94. The zero-order valence-electron chi connectivity index (χ0n) is 24.0. The van der Waals surface area contributed by atoms with Gasteiger partial charge in [-0.1, -0.05) is 59.7 Å². The van der Waals surface area contributed by atoms with Crippen LogP contribution in [0.4, 0.5) is 0 Å². The van der Waals surface area contributed by atoms with Crippen molar-refractivity contribution in [1.82, 2.24) is 9.97 Å². The zero-order chi connectivity index (χ0) is 29.1. The number of aromatic nitrogens is 2. The molecule has 0 spiro atoms. The van der Waals surface area contributed by atoms with Crippen LogP contribution in [-0.4, -0.2) is 9.97 Å². The molecule has 0 aliphatic heterocycles. The van der Waals surface area contributed by atoms with Crippen LogP contribution in [0.25, 0.3) is 54.8 Å². The maximum Gasteiger partial charge on any atom is 2.00 e. The summed E-state index contributed by atoms with van der Waals surface area (Å²) in [5, 5.41) is 17.1. The van der Waals surface area contributed by atoms with Crippen molar-refractivity contribution >= 4 is 32.6 Å². The number of nitrogens with zero attached hydrogens (tertiary/aromatic N) is 4. The molecule has 0 bridgehead atoms. The van der Waals surface area contributed by atoms with Crippen molar-refractivity contribution in [2.75, 3.05) is 0 Å². The van der Waals surface area contributed by atoms with E-state index in [1.807, 2.05) is 12.4 Å². The molecular weight excluding hydrogens is 684 g/mol. The Morgan fingerprint density at radius 3 is 1.20 bits per heavy atom. The van der Waals surface area contributed by atoms with Crippen molar-refractivity contribution in [3.8, 4) is 22.3 Å². The van der Waals surface area contributed by atoms with E-state index in [2.05, 4.69) is 102 Å². The molecule has 0 unspecified atom stereocenters. The molecule has 4 aromatic carbocycles. The third kappa shape index (κ3) is 5.50. The number of hydrogen-bond acceptors (Lipinski definition) is 4. The van der Waals surface area contributed by atoms with Gasteiger partial charge in [0.1, 0.15) is 0 Å². The number of aryl methyl sites for hydroxylation is 6. The fraction of sp³-hybridized carbons (Fsp3) is 0.167. The Kier molecular flexibility index (Phi) is 9.78. The van der Waals surface area contributed by atoms with Gasteiger partial charge in [-0.25, -0.2) is 0 Å². The third-order valence-electron chi connectivity index (χ3n) is 7.49. The van der Waals surface area contributed by atoms with Crippen molar-refractivity contribution in [2.24, 2.45) is 0 Å². The van der Waals surface area contributed by atoms with E-state index in [4.69, 9.17) is 33.6 Å². The zero-order valence-corrected chi connectivity index (χ0v) is 26.3. The molecule has 2 aromatic heterocycles. The van der Waals surface area contributed by atoms with Crippen molar-refractivity contribution in [3.63, 3.8) is 0 Å². The maximum absolute atomic E-state index is 6.25. The number of fused-ring (bicyclic) bond motifs is 5. The van der Waals surface area contributed by atoms with Crippen LogP contribution in [0.3, 0.4) is 0 Å². The maximum atomic E-state index is 6.25. The Bertz CT molecular complexity index is 1770. The van der Waals surface area contributed by atoms with Gasteiger partial charge < -0.3 is 23.7 Å². The number of benzene rings is 4. The Hall–Kier alpha value is -4.37. The summed E-state index contributed by atoms with van der Waals surface area (Å²) in [6.07, 6.45) is 3.90. The molecule has 0 aliphatic carbocycles. The monoisotopic (exact) mass is 713 g/mol. The molecule has 5 heteroatoms. The summed E-state index contributed by atoms with van der Waals surface area (Å²) >= 11 is 0. The standard InChI is InChI=1S/C34H30N2.2CN.Pt/c1-19-15-21(3)30(22(4)16-19)26-11-13-35-33-28(26)9-7-25-8-10-29-27(12-14-36-34(29)32(25)33)31-23(5)17-20(2)18-24(31)6;2*1-2;/h7-18H,1-6H3;;;/q;2*-1;+2. The average molecular weight is 714 g/mol. The second-order valence-corrected chi connectivity index (χ2v) is 10.3. The summed E-state index contributed by atoms with van der Waals surface area (Å²) < 4.78 is 0. The van der Waals surface area contributed by atoms with Crippen LogP contribution >= 0.6 is 0 Å². The van der Waals surface area contributed by atoms with E-state index in [1.54, 1.807) is 0 Å². The fourth-order valence-electron chi connectivity index (χ4n) is 6.28. The second kappa shape index (κ2) is 12.9. The van der Waals surface area contributed by atoms with Gasteiger partial charge in [-0.05, 0) is 104 Å². The minimum atomic E-state index is 0. The van der Waals surface area contributed by atoms with Crippen molar-refractivity contribution in [1.29, 1.82) is 10.5 Å². The predicted octanol–water partition coefficient (Wildman–Crippen LogP) is 9.31. The predicted molar refractivity (Wildman–Crippen MR) is 164 cm³/mol. The molecule has 0 saturated carbocycles. The van der Waals surface area contributed by atoms with Gasteiger partial charge in [-0.15, -0.1) is 0 Å². The molecule has 6 aromatic rings. The van der Waals surface area contributed by atoms with Crippen LogP contribution in [0.2, 0.25) is 0 Å². The molecule has 0 saturated heterocycles. The minimum absolute atomic E-state index is 0. The molecule has 0 amide bonds. The first kappa shape index (κ1) is 31.2. The molecule has 4 nitrogen and oxygen atoms in total. The van der Waals surface area contributed by atoms with Gasteiger partial charge in [-0.3, -0.25) is 9.97 Å². The molecule has 0 fully saturated rings. The van der Waals surface area contributed by atoms with Gasteiger partial charge in [0, 0.05) is 28.6 Å². The van der Waals surface area contributed by atoms with Crippen LogP contribution in [0.5, 0.6) is 0 Å². The molecule has 0 N–H and O–H groups in total. The molecule has 41 heavy (non-hydrogen) atoms. The van der Waals surface area contributed by atoms with Crippen LogP contribution in [0.15, 0.2) is 73.1 Å². The van der Waals surface area contributed by atoms with E-state index in [1.165, 1.54) is 71.8 Å². The van der Waals surface area contributed by atoms with Crippen molar-refractivity contribution in [2.45, 2.75) is 41.5 Å². The molecule has 0 aliphatic rings. The molecule has 2 heterocycles. The Balaban J connectivity index is 0.000000887. The van der Waals surface area contributed by atoms with E-state index < -0.39 is 0 Å². The number of pyridine rings is 2. The van der Waals surface area contributed by atoms with Crippen molar-refractivity contribution < 1.29 is 21.1 Å². The second-order valence-electron chi connectivity index (χ2n) is 10.3. The topological polar surface area (TPSA) is 73.4 Å². The van der Waals surface area contributed by atoms with Crippen LogP contribution in [0, 0.1) is 65.2 Å². The normalized spacial score (nSPS) is 10.3. The van der Waals surface area contributed by atoms with E-state index in [-0.39, 0.29) is 21.1 Å². The van der Waals surface area contributed by atoms with E-state index >= 15 is 0 Å². The summed E-state index contributed by atoms with van der Waals surface area (Å²) in [6, 6.07) is 22.3. The van der Waals surface area contributed by atoms with E-state index in [9.17, 15) is 0 Å². The summed E-state index contributed by atoms with van der Waals surface area (Å²) in [4.78, 5) is 9.86. The first-order valence-corrected chi connectivity index (χ1v) is 13.0. The summed E-state index contributed by atoms with van der Waals surface area (Å²) in [5.41, 5.74) is 14.8. The van der Waals surface area contributed by atoms with E-state index in [0.717, 1.165) is 16.4 Å². The van der Waals surface area contributed by atoms with Crippen LogP contribution < -0.4 is 0 Å². The molecular formula is C36H30N4Pt. The van der Waals surface area contributed by atoms with Gasteiger partial charge in [-0.2, -0.15) is 0 Å².